The van der Waals surface area contributed by atoms with Gasteiger partial charge in [-0.25, -0.2) is 0 Å². The minimum Gasteiger partial charge on any atom is -0.282 e. The van der Waals surface area contributed by atoms with E-state index in [9.17, 15) is 18.5 Å². The van der Waals surface area contributed by atoms with Crippen LogP contribution < -0.4 is 29.6 Å². The Balaban J connectivity index is 0.00000196. The minimum atomic E-state index is -4.41. The molecule has 0 radical (unpaired) electrons. The van der Waals surface area contributed by atoms with Gasteiger partial charge in [-0.15, -0.1) is 12.6 Å². The molecule has 0 saturated heterocycles. The molecule has 0 aliphatic carbocycles. The fourth-order valence-electron chi connectivity index (χ4n) is 0.810. The second kappa shape index (κ2) is 5.28. The van der Waals surface area contributed by atoms with Gasteiger partial charge in [0, 0.05) is 6.07 Å². The van der Waals surface area contributed by atoms with Gasteiger partial charge in [0.25, 0.3) is 15.8 Å². The van der Waals surface area contributed by atoms with E-state index in [2.05, 4.69) is 12.6 Å². The molecule has 0 spiro atoms. The van der Waals surface area contributed by atoms with Crippen molar-refractivity contribution in [2.24, 2.45) is 0 Å². The Morgan fingerprint density at radius 2 is 1.93 bits per heavy atom. The molecule has 15 heavy (non-hydrogen) atoms. The van der Waals surface area contributed by atoms with Crippen molar-refractivity contribution < 1.29 is 47.5 Å². The summed E-state index contributed by atoms with van der Waals surface area (Å²) in [6.07, 6.45) is 0. The second-order valence-corrected chi connectivity index (χ2v) is 4.29. The van der Waals surface area contributed by atoms with Gasteiger partial charge >= 0.3 is 29.6 Å². The van der Waals surface area contributed by atoms with Gasteiger partial charge in [0.15, 0.2) is 0 Å². The van der Waals surface area contributed by atoms with Gasteiger partial charge in [0.05, 0.1) is 9.82 Å². The van der Waals surface area contributed by atoms with Crippen LogP contribution in [0.5, 0.6) is 0 Å². The Morgan fingerprint density at radius 3 is 2.33 bits per heavy atom. The van der Waals surface area contributed by atoms with Crippen LogP contribution >= 0.6 is 12.6 Å². The van der Waals surface area contributed by atoms with Crippen LogP contribution in [-0.4, -0.2) is 17.9 Å². The molecule has 1 N–H and O–H groups in total. The average molecular weight is 258 g/mol. The van der Waals surface area contributed by atoms with E-state index < -0.39 is 25.6 Å². The first-order valence-corrected chi connectivity index (χ1v) is 5.16. The third-order valence-corrected chi connectivity index (χ3v) is 2.67. The van der Waals surface area contributed by atoms with Crippen LogP contribution in [0.3, 0.4) is 0 Å². The van der Waals surface area contributed by atoms with Gasteiger partial charge in [-0.1, -0.05) is 0 Å². The standard InChI is InChI=1S/C6H5NO5S2.Na/c8-7(9)5-3-4(14(10,11)12)1-2-6(5)13;/h1-3,13H,(H,10,11,12);/q;+1. The molecule has 6 nitrogen and oxygen atoms in total. The fourth-order valence-corrected chi connectivity index (χ4v) is 1.53. The predicted molar refractivity (Wildman–Crippen MR) is 50.2 cm³/mol. The number of thiol groups is 1. The molecule has 0 heterocycles. The number of benzene rings is 1. The van der Waals surface area contributed by atoms with Crippen LogP contribution in [0, 0.1) is 10.1 Å². The third kappa shape index (κ3) is 3.74. The van der Waals surface area contributed by atoms with Gasteiger partial charge < -0.3 is 0 Å². The minimum absolute atomic E-state index is 0. The molecule has 76 valence electrons. The summed E-state index contributed by atoms with van der Waals surface area (Å²) >= 11 is 3.76. The third-order valence-electron chi connectivity index (χ3n) is 1.44. The molecule has 0 atom stereocenters. The Bertz CT molecular complexity index is 486. The monoisotopic (exact) mass is 258 g/mol. The SMILES string of the molecule is O=[N+]([O-])c1cc(S(=O)(=O)O)ccc1S.[Na+]. The maximum Gasteiger partial charge on any atom is 1.00 e. The van der Waals surface area contributed by atoms with Crippen molar-refractivity contribution >= 4 is 28.4 Å². The van der Waals surface area contributed by atoms with E-state index in [1.54, 1.807) is 0 Å². The van der Waals surface area contributed by atoms with E-state index in [1.165, 1.54) is 0 Å². The smallest absolute Gasteiger partial charge is 0.282 e. The van der Waals surface area contributed by atoms with Crippen molar-refractivity contribution in [3.63, 3.8) is 0 Å². The Kier molecular flexibility index (Phi) is 5.24. The van der Waals surface area contributed by atoms with Crippen LogP contribution in [0.2, 0.25) is 0 Å². The van der Waals surface area contributed by atoms with Crippen molar-refractivity contribution in [3.8, 4) is 0 Å². The van der Waals surface area contributed by atoms with E-state index in [0.29, 0.717) is 0 Å². The first kappa shape index (κ1) is 14.9. The number of nitro groups is 1. The first-order chi connectivity index (χ1) is 6.32. The quantitative estimate of drug-likeness (QED) is 0.213. The van der Waals surface area contributed by atoms with E-state index in [0.717, 1.165) is 18.2 Å². The molecule has 0 saturated carbocycles. The Hall–Kier alpha value is -0.120. The second-order valence-electron chi connectivity index (χ2n) is 2.38. The van der Waals surface area contributed by atoms with E-state index in [4.69, 9.17) is 4.55 Å². The summed E-state index contributed by atoms with van der Waals surface area (Å²) in [5.41, 5.74) is -0.469. The topological polar surface area (TPSA) is 97.5 Å². The van der Waals surface area contributed by atoms with Crippen molar-refractivity contribution in [3.05, 3.63) is 28.3 Å². The normalized spacial score (nSPS) is 10.5. The average Bonchev–Trinajstić information content (AvgIpc) is 2.02. The zero-order valence-corrected chi connectivity index (χ0v) is 11.3. The van der Waals surface area contributed by atoms with Crippen LogP contribution in [0.25, 0.3) is 0 Å². The van der Waals surface area contributed by atoms with E-state index in [1.807, 2.05) is 0 Å². The van der Waals surface area contributed by atoms with E-state index >= 15 is 0 Å². The van der Waals surface area contributed by atoms with Crippen LogP contribution in [0.15, 0.2) is 28.0 Å². The van der Waals surface area contributed by atoms with Crippen LogP contribution in [-0.2, 0) is 10.1 Å². The molecule has 0 aromatic heterocycles. The molecule has 1 aromatic rings. The van der Waals surface area contributed by atoms with Crippen molar-refractivity contribution in [2.75, 3.05) is 0 Å². The molecule has 0 bridgehead atoms. The first-order valence-electron chi connectivity index (χ1n) is 3.27. The molecule has 0 aliphatic rings. The number of nitro benzene ring substituents is 1. The predicted octanol–water partition coefficient (Wildman–Crippen LogP) is -1.87. The number of rotatable bonds is 2. The summed E-state index contributed by atoms with van der Waals surface area (Å²) in [6.45, 7) is 0. The number of hydrogen-bond acceptors (Lipinski definition) is 5. The molecular weight excluding hydrogens is 253 g/mol. The maximum atomic E-state index is 10.6. The summed E-state index contributed by atoms with van der Waals surface area (Å²) in [7, 11) is -4.41. The zero-order valence-electron chi connectivity index (χ0n) is 7.61. The molecule has 0 unspecified atom stereocenters. The molecule has 1 rings (SSSR count). The molecule has 1 aromatic carbocycles. The van der Waals surface area contributed by atoms with Gasteiger partial charge in [0.1, 0.15) is 4.90 Å². The fraction of sp³-hybridized carbons (Fsp3) is 0. The molecule has 9 heteroatoms. The molecule has 0 fully saturated rings. The van der Waals surface area contributed by atoms with Crippen LogP contribution in [0.1, 0.15) is 0 Å². The summed E-state index contributed by atoms with van der Waals surface area (Å²) in [6, 6.07) is 2.91. The van der Waals surface area contributed by atoms with E-state index in [-0.39, 0.29) is 34.5 Å². The number of nitrogens with zero attached hydrogens (tertiary/aromatic N) is 1. The van der Waals surface area contributed by atoms with Crippen molar-refractivity contribution in [1.29, 1.82) is 0 Å². The summed E-state index contributed by atoms with van der Waals surface area (Å²) < 4.78 is 29.9. The Morgan fingerprint density at radius 1 is 1.40 bits per heavy atom. The number of hydrogen-bond donors (Lipinski definition) is 2. The zero-order chi connectivity index (χ0) is 10.9. The van der Waals surface area contributed by atoms with Gasteiger partial charge in [-0.3, -0.25) is 14.7 Å². The van der Waals surface area contributed by atoms with Gasteiger partial charge in [0.2, 0.25) is 0 Å². The molecular formula is C6H5NNaO5S2+. The maximum absolute atomic E-state index is 10.6. The van der Waals surface area contributed by atoms with Crippen molar-refractivity contribution in [2.45, 2.75) is 9.79 Å². The Labute approximate surface area is 113 Å². The van der Waals surface area contributed by atoms with Gasteiger partial charge in [-0.2, -0.15) is 8.42 Å². The largest absolute Gasteiger partial charge is 1.00 e. The summed E-state index contributed by atoms with van der Waals surface area (Å²) in [4.78, 5) is 9.10. The summed E-state index contributed by atoms with van der Waals surface area (Å²) in [5.74, 6) is 0. The summed E-state index contributed by atoms with van der Waals surface area (Å²) in [5, 5.41) is 10.4. The molecule has 0 amide bonds. The van der Waals surface area contributed by atoms with Gasteiger partial charge in [-0.05, 0) is 12.1 Å². The van der Waals surface area contributed by atoms with Crippen molar-refractivity contribution in [1.82, 2.24) is 0 Å². The molecule has 0 aliphatic heterocycles. The van der Waals surface area contributed by atoms with Crippen LogP contribution in [0.4, 0.5) is 5.69 Å².